The minimum absolute atomic E-state index is 0.727. The van der Waals surface area contributed by atoms with Crippen molar-refractivity contribution in [3.8, 4) is 0 Å². The van der Waals surface area contributed by atoms with Crippen LogP contribution < -0.4 is 5.32 Å². The zero-order valence-corrected chi connectivity index (χ0v) is 13.5. The highest BCUT2D eigenvalue weighted by Crippen LogP contribution is 2.34. The third kappa shape index (κ3) is 3.95. The molecule has 0 aromatic carbocycles. The highest BCUT2D eigenvalue weighted by atomic mass is 15.2. The van der Waals surface area contributed by atoms with Gasteiger partial charge in [0, 0.05) is 18.6 Å². The summed E-state index contributed by atoms with van der Waals surface area (Å²) in [5.41, 5.74) is 0. The van der Waals surface area contributed by atoms with E-state index in [0.717, 1.165) is 36.4 Å². The monoisotopic (exact) mass is 266 g/mol. The van der Waals surface area contributed by atoms with Gasteiger partial charge in [0.15, 0.2) is 0 Å². The van der Waals surface area contributed by atoms with Gasteiger partial charge >= 0.3 is 0 Å². The van der Waals surface area contributed by atoms with Gasteiger partial charge < -0.3 is 10.2 Å². The number of likely N-dealkylation sites (N-methyl/N-ethyl adjacent to an activating group) is 2. The topological polar surface area (TPSA) is 15.3 Å². The van der Waals surface area contributed by atoms with Gasteiger partial charge in [0.05, 0.1) is 0 Å². The molecule has 3 unspecified atom stereocenters. The third-order valence-corrected chi connectivity index (χ3v) is 5.60. The van der Waals surface area contributed by atoms with Crippen molar-refractivity contribution in [1.82, 2.24) is 10.2 Å². The van der Waals surface area contributed by atoms with Crippen molar-refractivity contribution in [2.45, 2.75) is 71.4 Å². The molecule has 19 heavy (non-hydrogen) atoms. The number of nitrogens with zero attached hydrogens (tertiary/aromatic N) is 1. The van der Waals surface area contributed by atoms with Crippen LogP contribution in [-0.2, 0) is 0 Å². The maximum atomic E-state index is 3.74. The first-order valence-electron chi connectivity index (χ1n) is 8.55. The van der Waals surface area contributed by atoms with E-state index in [1.54, 1.807) is 0 Å². The Morgan fingerprint density at radius 2 is 1.89 bits per heavy atom. The fourth-order valence-corrected chi connectivity index (χ4v) is 3.99. The van der Waals surface area contributed by atoms with Crippen molar-refractivity contribution in [1.29, 1.82) is 0 Å². The van der Waals surface area contributed by atoms with E-state index >= 15 is 0 Å². The largest absolute Gasteiger partial charge is 0.313 e. The molecule has 0 radical (unpaired) electrons. The first kappa shape index (κ1) is 15.3. The number of nitrogens with one attached hydrogen (secondary N) is 1. The van der Waals surface area contributed by atoms with Crippen LogP contribution in [0.1, 0.15) is 59.3 Å². The molecule has 0 aromatic heterocycles. The van der Waals surface area contributed by atoms with Gasteiger partial charge in [-0.25, -0.2) is 0 Å². The molecule has 2 nitrogen and oxygen atoms in total. The Kier molecular flexibility index (Phi) is 5.70. The molecule has 2 aliphatic carbocycles. The highest BCUT2D eigenvalue weighted by molar-refractivity contribution is 4.92. The Morgan fingerprint density at radius 1 is 1.16 bits per heavy atom. The molecule has 1 N–H and O–H groups in total. The summed E-state index contributed by atoms with van der Waals surface area (Å²) in [5.74, 6) is 2.78. The second-order valence-electron chi connectivity index (χ2n) is 7.29. The molecule has 2 aliphatic rings. The molecule has 0 amide bonds. The van der Waals surface area contributed by atoms with Gasteiger partial charge in [-0.2, -0.15) is 0 Å². The number of hydrogen-bond donors (Lipinski definition) is 1. The van der Waals surface area contributed by atoms with Crippen LogP contribution in [0, 0.1) is 17.8 Å². The third-order valence-electron chi connectivity index (χ3n) is 5.60. The van der Waals surface area contributed by atoms with Gasteiger partial charge in [0.25, 0.3) is 0 Å². The molecule has 0 heterocycles. The standard InChI is InChI=1S/C17H34N2/c1-5-18-16-10-9-15(13(2)3)11-17(16)19(4)12-14-7-6-8-14/h13-18H,5-12H2,1-4H3. The predicted octanol–water partition coefficient (Wildman–Crippen LogP) is 3.52. The van der Waals surface area contributed by atoms with Crippen LogP contribution in [0.2, 0.25) is 0 Å². The molecule has 0 aromatic rings. The lowest BCUT2D eigenvalue weighted by Gasteiger charge is -2.44. The molecule has 0 saturated heterocycles. The van der Waals surface area contributed by atoms with Gasteiger partial charge in [-0.3, -0.25) is 0 Å². The van der Waals surface area contributed by atoms with E-state index in [0.29, 0.717) is 0 Å². The number of rotatable bonds is 6. The molecule has 0 bridgehead atoms. The zero-order chi connectivity index (χ0) is 13.8. The van der Waals surface area contributed by atoms with Crippen LogP contribution in [0.25, 0.3) is 0 Å². The second kappa shape index (κ2) is 7.08. The van der Waals surface area contributed by atoms with Gasteiger partial charge in [0.2, 0.25) is 0 Å². The van der Waals surface area contributed by atoms with Crippen molar-refractivity contribution in [3.05, 3.63) is 0 Å². The molecule has 112 valence electrons. The van der Waals surface area contributed by atoms with Gasteiger partial charge in [0.1, 0.15) is 0 Å². The molecule has 2 rings (SSSR count). The Labute approximate surface area is 120 Å². The molecular weight excluding hydrogens is 232 g/mol. The average Bonchev–Trinajstić information content (AvgIpc) is 2.34. The zero-order valence-electron chi connectivity index (χ0n) is 13.5. The summed E-state index contributed by atoms with van der Waals surface area (Å²) < 4.78 is 0. The minimum atomic E-state index is 0.727. The van der Waals surface area contributed by atoms with E-state index in [1.165, 1.54) is 45.1 Å². The second-order valence-corrected chi connectivity index (χ2v) is 7.29. The quantitative estimate of drug-likeness (QED) is 0.791. The van der Waals surface area contributed by atoms with E-state index in [4.69, 9.17) is 0 Å². The van der Waals surface area contributed by atoms with Gasteiger partial charge in [-0.1, -0.05) is 27.2 Å². The molecule has 0 spiro atoms. The first-order valence-corrected chi connectivity index (χ1v) is 8.55. The Hall–Kier alpha value is -0.0800. The van der Waals surface area contributed by atoms with Crippen molar-refractivity contribution >= 4 is 0 Å². The van der Waals surface area contributed by atoms with Gasteiger partial charge in [-0.05, 0) is 63.5 Å². The van der Waals surface area contributed by atoms with Crippen LogP contribution in [-0.4, -0.2) is 37.1 Å². The molecular formula is C17H34N2. The minimum Gasteiger partial charge on any atom is -0.313 e. The van der Waals surface area contributed by atoms with Crippen LogP contribution in [0.3, 0.4) is 0 Å². The smallest absolute Gasteiger partial charge is 0.0249 e. The summed E-state index contributed by atoms with van der Waals surface area (Å²) in [7, 11) is 2.37. The number of hydrogen-bond acceptors (Lipinski definition) is 2. The summed E-state index contributed by atoms with van der Waals surface area (Å²) in [4.78, 5) is 2.69. The summed E-state index contributed by atoms with van der Waals surface area (Å²) >= 11 is 0. The van der Waals surface area contributed by atoms with Crippen molar-refractivity contribution in [3.63, 3.8) is 0 Å². The fourth-order valence-electron chi connectivity index (χ4n) is 3.99. The summed E-state index contributed by atoms with van der Waals surface area (Å²) in [6.45, 7) is 9.50. The molecule has 3 atom stereocenters. The predicted molar refractivity (Wildman–Crippen MR) is 83.4 cm³/mol. The lowest BCUT2D eigenvalue weighted by Crippen LogP contribution is -2.53. The fraction of sp³-hybridized carbons (Fsp3) is 1.00. The highest BCUT2D eigenvalue weighted by Gasteiger charge is 2.34. The van der Waals surface area contributed by atoms with Crippen molar-refractivity contribution in [2.75, 3.05) is 20.1 Å². The maximum absolute atomic E-state index is 3.74. The lowest BCUT2D eigenvalue weighted by atomic mass is 9.75. The van der Waals surface area contributed by atoms with Crippen LogP contribution in [0.4, 0.5) is 0 Å². The first-order chi connectivity index (χ1) is 9.11. The lowest BCUT2D eigenvalue weighted by molar-refractivity contribution is 0.0782. The normalized spacial score (nSPS) is 32.8. The van der Waals surface area contributed by atoms with Crippen molar-refractivity contribution in [2.24, 2.45) is 17.8 Å². The van der Waals surface area contributed by atoms with E-state index in [9.17, 15) is 0 Å². The molecule has 2 saturated carbocycles. The Bertz CT molecular complexity index is 260. The maximum Gasteiger partial charge on any atom is 0.0249 e. The van der Waals surface area contributed by atoms with E-state index in [2.05, 4.69) is 38.0 Å². The van der Waals surface area contributed by atoms with Gasteiger partial charge in [-0.15, -0.1) is 0 Å². The van der Waals surface area contributed by atoms with Crippen LogP contribution in [0.5, 0.6) is 0 Å². The summed E-state index contributed by atoms with van der Waals surface area (Å²) in [6.07, 6.45) is 8.60. The average molecular weight is 266 g/mol. The van der Waals surface area contributed by atoms with E-state index in [1.807, 2.05) is 0 Å². The van der Waals surface area contributed by atoms with E-state index < -0.39 is 0 Å². The van der Waals surface area contributed by atoms with Crippen molar-refractivity contribution < 1.29 is 0 Å². The summed E-state index contributed by atoms with van der Waals surface area (Å²) in [5, 5.41) is 3.74. The Balaban J connectivity index is 1.92. The Morgan fingerprint density at radius 3 is 2.42 bits per heavy atom. The molecule has 0 aliphatic heterocycles. The van der Waals surface area contributed by atoms with E-state index in [-0.39, 0.29) is 0 Å². The van der Waals surface area contributed by atoms with Crippen LogP contribution in [0.15, 0.2) is 0 Å². The van der Waals surface area contributed by atoms with Crippen LogP contribution >= 0.6 is 0 Å². The SMILES string of the molecule is CCNC1CCC(C(C)C)CC1N(C)CC1CCC1. The molecule has 2 fully saturated rings. The molecule has 2 heteroatoms. The summed E-state index contributed by atoms with van der Waals surface area (Å²) in [6, 6.07) is 1.49.